The molecule has 128 valence electrons. The molecule has 0 bridgehead atoms. The van der Waals surface area contributed by atoms with Gasteiger partial charge in [0.25, 0.3) is 11.1 Å². The van der Waals surface area contributed by atoms with Crippen molar-refractivity contribution in [2.24, 2.45) is 5.92 Å². The van der Waals surface area contributed by atoms with Crippen LogP contribution in [0.3, 0.4) is 0 Å². The molecule has 1 amide bonds. The molecular formula is C17H21N3O3S. The number of fused-ring (bicyclic) bond motifs is 1. The largest absolute Gasteiger partial charge is 0.459 e. The van der Waals surface area contributed by atoms with E-state index in [9.17, 15) is 4.79 Å². The second kappa shape index (κ2) is 7.01. The van der Waals surface area contributed by atoms with Gasteiger partial charge in [-0.15, -0.1) is 10.2 Å². The summed E-state index contributed by atoms with van der Waals surface area (Å²) >= 11 is 1.31. The third kappa shape index (κ3) is 3.22. The van der Waals surface area contributed by atoms with Gasteiger partial charge >= 0.3 is 0 Å². The summed E-state index contributed by atoms with van der Waals surface area (Å²) in [5, 5.41) is 8.35. The molecule has 0 radical (unpaired) electrons. The fourth-order valence-corrected chi connectivity index (χ4v) is 4.56. The van der Waals surface area contributed by atoms with Crippen molar-refractivity contribution in [3.8, 4) is 11.7 Å². The summed E-state index contributed by atoms with van der Waals surface area (Å²) in [6, 6.07) is 3.98. The van der Waals surface area contributed by atoms with Gasteiger partial charge in [-0.2, -0.15) is 0 Å². The van der Waals surface area contributed by atoms with Crippen LogP contribution < -0.4 is 0 Å². The van der Waals surface area contributed by atoms with E-state index >= 15 is 0 Å². The second-order valence-electron chi connectivity index (χ2n) is 6.48. The Labute approximate surface area is 145 Å². The Bertz CT molecular complexity index is 683. The van der Waals surface area contributed by atoms with Crippen molar-refractivity contribution < 1.29 is 13.6 Å². The van der Waals surface area contributed by atoms with Gasteiger partial charge in [0.1, 0.15) is 0 Å². The zero-order chi connectivity index (χ0) is 16.4. The van der Waals surface area contributed by atoms with Crippen molar-refractivity contribution in [1.82, 2.24) is 15.1 Å². The van der Waals surface area contributed by atoms with Crippen molar-refractivity contribution in [2.45, 2.75) is 49.8 Å². The Balaban J connectivity index is 1.36. The molecule has 3 heterocycles. The molecule has 7 heteroatoms. The van der Waals surface area contributed by atoms with Crippen LogP contribution in [0.15, 0.2) is 32.5 Å². The van der Waals surface area contributed by atoms with Crippen LogP contribution in [-0.4, -0.2) is 39.3 Å². The molecule has 2 aromatic rings. The molecule has 24 heavy (non-hydrogen) atoms. The zero-order valence-electron chi connectivity index (χ0n) is 13.5. The van der Waals surface area contributed by atoms with Crippen molar-refractivity contribution in [1.29, 1.82) is 0 Å². The number of carbonyl (C=O) groups excluding carboxylic acids is 1. The van der Waals surface area contributed by atoms with Gasteiger partial charge in [0.05, 0.1) is 12.0 Å². The van der Waals surface area contributed by atoms with E-state index in [1.807, 2.05) is 0 Å². The number of hydrogen-bond acceptors (Lipinski definition) is 6. The van der Waals surface area contributed by atoms with Gasteiger partial charge in [0, 0.05) is 12.6 Å². The fourth-order valence-electron chi connectivity index (χ4n) is 3.91. The molecule has 2 fully saturated rings. The normalized spacial score (nSPS) is 23.9. The number of nitrogens with zero attached hydrogens (tertiary/aromatic N) is 3. The first kappa shape index (κ1) is 15.7. The molecule has 0 aromatic carbocycles. The molecule has 0 unspecified atom stereocenters. The highest BCUT2D eigenvalue weighted by molar-refractivity contribution is 7.99. The SMILES string of the molecule is O=C(CSc1nnc(-c2ccco2)o1)N1CCC[C@@H]2CCCC[C@H]21. The summed E-state index contributed by atoms with van der Waals surface area (Å²) in [5.41, 5.74) is 0. The minimum Gasteiger partial charge on any atom is -0.459 e. The summed E-state index contributed by atoms with van der Waals surface area (Å²) in [5.74, 6) is 2.13. The van der Waals surface area contributed by atoms with E-state index in [-0.39, 0.29) is 5.91 Å². The lowest BCUT2D eigenvalue weighted by molar-refractivity contribution is -0.134. The van der Waals surface area contributed by atoms with E-state index in [0.717, 1.165) is 19.4 Å². The van der Waals surface area contributed by atoms with Crippen molar-refractivity contribution in [2.75, 3.05) is 12.3 Å². The quantitative estimate of drug-likeness (QED) is 0.787. The Hall–Kier alpha value is -1.76. The smallest absolute Gasteiger partial charge is 0.284 e. The minimum atomic E-state index is 0.189. The Morgan fingerprint density at radius 3 is 3.00 bits per heavy atom. The predicted octanol–water partition coefficient (Wildman–Crippen LogP) is 3.60. The van der Waals surface area contributed by atoms with Crippen LogP contribution in [0.2, 0.25) is 0 Å². The van der Waals surface area contributed by atoms with Crippen molar-refractivity contribution >= 4 is 17.7 Å². The van der Waals surface area contributed by atoms with Crippen LogP contribution in [0.5, 0.6) is 0 Å². The van der Waals surface area contributed by atoms with Crippen LogP contribution in [-0.2, 0) is 4.79 Å². The fraction of sp³-hybridized carbons (Fsp3) is 0.588. The van der Waals surface area contributed by atoms with Gasteiger partial charge in [-0.1, -0.05) is 24.6 Å². The second-order valence-corrected chi connectivity index (χ2v) is 7.41. The predicted molar refractivity (Wildman–Crippen MR) is 89.4 cm³/mol. The topological polar surface area (TPSA) is 72.4 Å². The molecule has 0 spiro atoms. The first-order valence-corrected chi connectivity index (χ1v) is 9.59. The summed E-state index contributed by atoms with van der Waals surface area (Å²) in [7, 11) is 0. The van der Waals surface area contributed by atoms with Crippen molar-refractivity contribution in [3.05, 3.63) is 18.4 Å². The van der Waals surface area contributed by atoms with Crippen LogP contribution in [0.1, 0.15) is 38.5 Å². The van der Waals surface area contributed by atoms with Gasteiger partial charge < -0.3 is 13.7 Å². The van der Waals surface area contributed by atoms with E-state index in [4.69, 9.17) is 8.83 Å². The Morgan fingerprint density at radius 2 is 2.12 bits per heavy atom. The zero-order valence-corrected chi connectivity index (χ0v) is 14.3. The highest BCUT2D eigenvalue weighted by atomic mass is 32.2. The van der Waals surface area contributed by atoms with Gasteiger partial charge in [-0.05, 0) is 43.7 Å². The van der Waals surface area contributed by atoms with E-state index in [1.165, 1.54) is 37.4 Å². The molecule has 6 nitrogen and oxygen atoms in total. The average molecular weight is 347 g/mol. The summed E-state index contributed by atoms with van der Waals surface area (Å²) < 4.78 is 10.8. The number of hydrogen-bond donors (Lipinski definition) is 0. The van der Waals surface area contributed by atoms with E-state index in [1.54, 1.807) is 18.4 Å². The lowest BCUT2D eigenvalue weighted by atomic mass is 9.78. The molecule has 2 aliphatic rings. The van der Waals surface area contributed by atoms with E-state index < -0.39 is 0 Å². The van der Waals surface area contributed by atoms with Crippen LogP contribution in [0.25, 0.3) is 11.7 Å². The molecule has 2 atom stereocenters. The molecule has 4 rings (SSSR count). The number of thioether (sulfide) groups is 1. The average Bonchev–Trinajstić information content (AvgIpc) is 3.30. The maximum Gasteiger partial charge on any atom is 0.284 e. The lowest BCUT2D eigenvalue weighted by Gasteiger charge is -2.44. The highest BCUT2D eigenvalue weighted by Crippen LogP contribution is 2.35. The number of aromatic nitrogens is 2. The Morgan fingerprint density at radius 1 is 1.25 bits per heavy atom. The molecule has 1 saturated carbocycles. The summed E-state index contributed by atoms with van der Waals surface area (Å²) in [6.07, 6.45) is 8.96. The number of rotatable bonds is 4. The van der Waals surface area contributed by atoms with Gasteiger partial charge in [0.15, 0.2) is 5.76 Å². The standard InChI is InChI=1S/C17H21N3O3S/c21-15(20-9-3-6-12-5-1-2-7-13(12)20)11-24-17-19-18-16(23-17)14-8-4-10-22-14/h4,8,10,12-13H,1-3,5-7,9,11H2/t12-,13+/m0/s1. The molecule has 2 aromatic heterocycles. The molecule has 1 aliphatic heterocycles. The lowest BCUT2D eigenvalue weighted by Crippen LogP contribution is -2.50. The summed E-state index contributed by atoms with van der Waals surface area (Å²) in [4.78, 5) is 14.8. The number of amides is 1. The Kier molecular flexibility index (Phi) is 4.60. The van der Waals surface area contributed by atoms with Crippen LogP contribution >= 0.6 is 11.8 Å². The maximum absolute atomic E-state index is 12.7. The van der Waals surface area contributed by atoms with Crippen LogP contribution in [0.4, 0.5) is 0 Å². The van der Waals surface area contributed by atoms with Gasteiger partial charge in [0.2, 0.25) is 5.91 Å². The number of carbonyl (C=O) groups is 1. The first-order valence-electron chi connectivity index (χ1n) is 8.61. The maximum atomic E-state index is 12.7. The molecule has 0 N–H and O–H groups in total. The molecule has 1 aliphatic carbocycles. The van der Waals surface area contributed by atoms with E-state index in [2.05, 4.69) is 15.1 Å². The number of piperidine rings is 1. The van der Waals surface area contributed by atoms with Gasteiger partial charge in [-0.25, -0.2) is 0 Å². The number of furan rings is 1. The van der Waals surface area contributed by atoms with E-state index in [0.29, 0.717) is 34.6 Å². The van der Waals surface area contributed by atoms with Crippen LogP contribution in [0, 0.1) is 5.92 Å². The summed E-state index contributed by atoms with van der Waals surface area (Å²) in [6.45, 7) is 0.891. The van der Waals surface area contributed by atoms with Gasteiger partial charge in [-0.3, -0.25) is 4.79 Å². The van der Waals surface area contributed by atoms with Crippen molar-refractivity contribution in [3.63, 3.8) is 0 Å². The molecular weight excluding hydrogens is 326 g/mol. The number of likely N-dealkylation sites (tertiary alicyclic amines) is 1. The third-order valence-electron chi connectivity index (χ3n) is 5.02. The monoisotopic (exact) mass is 347 g/mol. The first-order chi connectivity index (χ1) is 11.8. The highest BCUT2D eigenvalue weighted by Gasteiger charge is 2.35. The minimum absolute atomic E-state index is 0.189. The molecule has 1 saturated heterocycles. The third-order valence-corrected chi connectivity index (χ3v) is 5.82.